The standard InChI is InChI=1S/C23H18N4O3S2/c1-14-6-3-4-9-17(14)21-25-19(30-26-21)13-32-23-24-18-10-11-31-20(18)22(28)27(23)15-7-5-8-16(12-15)29-2/h3-12H,13H2,1-2H3. The van der Waals surface area contributed by atoms with Crippen molar-refractivity contribution in [3.05, 3.63) is 81.8 Å². The van der Waals surface area contributed by atoms with E-state index < -0.39 is 0 Å². The molecule has 0 fully saturated rings. The van der Waals surface area contributed by atoms with Crippen LogP contribution in [0.1, 0.15) is 11.5 Å². The Morgan fingerprint density at radius 2 is 2.00 bits per heavy atom. The van der Waals surface area contributed by atoms with Crippen molar-refractivity contribution in [1.29, 1.82) is 0 Å². The molecule has 9 heteroatoms. The molecule has 0 saturated carbocycles. The Bertz CT molecular complexity index is 1470. The number of aromatic nitrogens is 4. The van der Waals surface area contributed by atoms with E-state index in [1.165, 1.54) is 23.1 Å². The molecule has 7 nitrogen and oxygen atoms in total. The highest BCUT2D eigenvalue weighted by molar-refractivity contribution is 7.98. The molecule has 0 aliphatic rings. The first-order valence-electron chi connectivity index (χ1n) is 9.80. The molecule has 0 aliphatic carbocycles. The number of fused-ring (bicyclic) bond motifs is 1. The van der Waals surface area contributed by atoms with Crippen LogP contribution in [0.2, 0.25) is 0 Å². The molecular weight excluding hydrogens is 444 g/mol. The zero-order chi connectivity index (χ0) is 22.1. The largest absolute Gasteiger partial charge is 0.497 e. The number of hydrogen-bond acceptors (Lipinski definition) is 8. The third-order valence-corrected chi connectivity index (χ3v) is 6.75. The lowest BCUT2D eigenvalue weighted by Gasteiger charge is -2.12. The van der Waals surface area contributed by atoms with E-state index in [1.54, 1.807) is 11.7 Å². The van der Waals surface area contributed by atoms with Crippen LogP contribution in [-0.2, 0) is 5.75 Å². The maximum Gasteiger partial charge on any atom is 0.276 e. The minimum absolute atomic E-state index is 0.119. The summed E-state index contributed by atoms with van der Waals surface area (Å²) in [6.45, 7) is 2.01. The van der Waals surface area contributed by atoms with E-state index in [0.717, 1.165) is 11.1 Å². The molecule has 0 spiro atoms. The Hall–Kier alpha value is -3.43. The van der Waals surface area contributed by atoms with E-state index >= 15 is 0 Å². The van der Waals surface area contributed by atoms with Gasteiger partial charge in [0.25, 0.3) is 5.56 Å². The number of hydrogen-bond donors (Lipinski definition) is 0. The predicted octanol–water partition coefficient (Wildman–Crippen LogP) is 5.11. The van der Waals surface area contributed by atoms with Crippen LogP contribution in [0, 0.1) is 6.92 Å². The second-order valence-electron chi connectivity index (χ2n) is 6.99. The lowest BCUT2D eigenvalue weighted by molar-refractivity contribution is 0.391. The van der Waals surface area contributed by atoms with Gasteiger partial charge in [-0.15, -0.1) is 11.3 Å². The molecule has 3 aromatic heterocycles. The average molecular weight is 463 g/mol. The normalized spacial score (nSPS) is 11.2. The summed E-state index contributed by atoms with van der Waals surface area (Å²) in [7, 11) is 1.60. The summed E-state index contributed by atoms with van der Waals surface area (Å²) in [4.78, 5) is 22.5. The lowest BCUT2D eigenvalue weighted by atomic mass is 10.1. The highest BCUT2D eigenvalue weighted by Crippen LogP contribution is 2.28. The van der Waals surface area contributed by atoms with Crippen molar-refractivity contribution in [2.45, 2.75) is 17.8 Å². The van der Waals surface area contributed by atoms with Gasteiger partial charge in [0.1, 0.15) is 10.4 Å². The molecule has 32 heavy (non-hydrogen) atoms. The first-order valence-corrected chi connectivity index (χ1v) is 11.7. The molecular formula is C23H18N4O3S2. The predicted molar refractivity (Wildman–Crippen MR) is 126 cm³/mol. The van der Waals surface area contributed by atoms with E-state index in [9.17, 15) is 4.79 Å². The molecule has 0 unspecified atom stereocenters. The lowest BCUT2D eigenvalue weighted by Crippen LogP contribution is -2.20. The van der Waals surface area contributed by atoms with E-state index in [1.807, 2.05) is 66.9 Å². The second-order valence-corrected chi connectivity index (χ2v) is 8.85. The quantitative estimate of drug-likeness (QED) is 0.256. The van der Waals surface area contributed by atoms with Gasteiger partial charge in [-0.05, 0) is 36.1 Å². The Labute approximate surface area is 191 Å². The summed E-state index contributed by atoms with van der Waals surface area (Å²) in [6, 6.07) is 17.1. The second kappa shape index (κ2) is 8.60. The minimum Gasteiger partial charge on any atom is -0.497 e. The Morgan fingerprint density at radius 1 is 1.12 bits per heavy atom. The van der Waals surface area contributed by atoms with Gasteiger partial charge in [0.05, 0.1) is 24.1 Å². The van der Waals surface area contributed by atoms with Gasteiger partial charge in [0.15, 0.2) is 5.16 Å². The average Bonchev–Trinajstić information content (AvgIpc) is 3.48. The maximum atomic E-state index is 13.3. The van der Waals surface area contributed by atoms with Gasteiger partial charge >= 0.3 is 0 Å². The maximum absolute atomic E-state index is 13.3. The van der Waals surface area contributed by atoms with Crippen LogP contribution in [0.15, 0.2) is 74.5 Å². The van der Waals surface area contributed by atoms with Crippen LogP contribution >= 0.6 is 23.1 Å². The summed E-state index contributed by atoms with van der Waals surface area (Å²) in [5.41, 5.74) is 3.24. The molecule has 0 radical (unpaired) electrons. The summed E-state index contributed by atoms with van der Waals surface area (Å²) < 4.78 is 13.0. The number of nitrogens with zero attached hydrogens (tertiary/aromatic N) is 4. The molecule has 160 valence electrons. The Morgan fingerprint density at radius 3 is 2.84 bits per heavy atom. The van der Waals surface area contributed by atoms with Gasteiger partial charge in [-0.3, -0.25) is 9.36 Å². The van der Waals surface area contributed by atoms with Crippen LogP contribution in [0.3, 0.4) is 0 Å². The summed E-state index contributed by atoms with van der Waals surface area (Å²) in [5, 5.41) is 6.54. The molecule has 5 aromatic rings. The van der Waals surface area contributed by atoms with Crippen LogP contribution < -0.4 is 10.3 Å². The number of aryl methyl sites for hydroxylation is 1. The molecule has 0 N–H and O–H groups in total. The summed E-state index contributed by atoms with van der Waals surface area (Å²) >= 11 is 2.75. The number of rotatable bonds is 6. The molecule has 2 aromatic carbocycles. The fraction of sp³-hybridized carbons (Fsp3) is 0.130. The molecule has 3 heterocycles. The molecule has 0 aliphatic heterocycles. The number of methoxy groups -OCH3 is 1. The van der Waals surface area contributed by atoms with Crippen molar-refractivity contribution in [1.82, 2.24) is 19.7 Å². The Kier molecular flexibility index (Phi) is 5.50. The van der Waals surface area contributed by atoms with Crippen LogP contribution in [0.5, 0.6) is 5.75 Å². The van der Waals surface area contributed by atoms with E-state index in [2.05, 4.69) is 10.1 Å². The summed E-state index contributed by atoms with van der Waals surface area (Å²) in [5.74, 6) is 2.05. The van der Waals surface area contributed by atoms with Gasteiger partial charge in [-0.25, -0.2) is 4.98 Å². The monoisotopic (exact) mass is 462 g/mol. The number of thiophene rings is 1. The van der Waals surface area contributed by atoms with Crippen molar-refractivity contribution >= 4 is 33.3 Å². The molecule has 0 saturated heterocycles. The van der Waals surface area contributed by atoms with Gasteiger partial charge < -0.3 is 9.26 Å². The van der Waals surface area contributed by atoms with Gasteiger partial charge in [0.2, 0.25) is 11.7 Å². The highest BCUT2D eigenvalue weighted by atomic mass is 32.2. The first-order chi connectivity index (χ1) is 15.6. The van der Waals surface area contributed by atoms with Crippen LogP contribution in [0.25, 0.3) is 27.3 Å². The van der Waals surface area contributed by atoms with E-state index in [4.69, 9.17) is 14.2 Å². The molecule has 0 bridgehead atoms. The van der Waals surface area contributed by atoms with Crippen molar-refractivity contribution < 1.29 is 9.26 Å². The van der Waals surface area contributed by atoms with Gasteiger partial charge in [0, 0.05) is 11.6 Å². The minimum atomic E-state index is -0.119. The molecule has 5 rings (SSSR count). The molecule has 0 atom stereocenters. The molecule has 0 amide bonds. The summed E-state index contributed by atoms with van der Waals surface area (Å²) in [6.07, 6.45) is 0. The third kappa shape index (κ3) is 3.80. The van der Waals surface area contributed by atoms with E-state index in [0.29, 0.717) is 44.3 Å². The number of benzene rings is 2. The van der Waals surface area contributed by atoms with Crippen LogP contribution in [0.4, 0.5) is 0 Å². The third-order valence-electron chi connectivity index (χ3n) is 4.94. The van der Waals surface area contributed by atoms with E-state index in [-0.39, 0.29) is 5.56 Å². The fourth-order valence-corrected chi connectivity index (χ4v) is 4.95. The van der Waals surface area contributed by atoms with Crippen molar-refractivity contribution in [2.24, 2.45) is 0 Å². The Balaban J connectivity index is 1.51. The highest BCUT2D eigenvalue weighted by Gasteiger charge is 2.17. The van der Waals surface area contributed by atoms with Crippen LogP contribution in [-0.4, -0.2) is 26.8 Å². The van der Waals surface area contributed by atoms with Crippen molar-refractivity contribution in [3.8, 4) is 22.8 Å². The van der Waals surface area contributed by atoms with Crippen molar-refractivity contribution in [2.75, 3.05) is 7.11 Å². The zero-order valence-electron chi connectivity index (χ0n) is 17.3. The first kappa shape index (κ1) is 20.5. The number of ether oxygens (including phenoxy) is 1. The topological polar surface area (TPSA) is 83.0 Å². The SMILES string of the molecule is COc1cccc(-n2c(SCc3nc(-c4ccccc4C)no3)nc3ccsc3c2=O)c1. The van der Waals surface area contributed by atoms with Gasteiger partial charge in [-0.1, -0.05) is 47.3 Å². The number of thioether (sulfide) groups is 1. The zero-order valence-corrected chi connectivity index (χ0v) is 18.9. The van der Waals surface area contributed by atoms with Gasteiger partial charge in [-0.2, -0.15) is 4.98 Å². The smallest absolute Gasteiger partial charge is 0.276 e. The van der Waals surface area contributed by atoms with Crippen molar-refractivity contribution in [3.63, 3.8) is 0 Å². The fourth-order valence-electron chi connectivity index (χ4n) is 3.34.